The quantitative estimate of drug-likeness (QED) is 0.556. The molecule has 3 rings (SSSR count). The zero-order valence-electron chi connectivity index (χ0n) is 20.8. The highest BCUT2D eigenvalue weighted by Crippen LogP contribution is 2.23. The first kappa shape index (κ1) is 25.0. The highest BCUT2D eigenvalue weighted by atomic mass is 16.2. The van der Waals surface area contributed by atoms with E-state index in [1.807, 2.05) is 37.3 Å². The molecule has 1 atom stereocenters. The second kappa shape index (κ2) is 11.5. The molecule has 2 aromatic carbocycles. The predicted octanol–water partition coefficient (Wildman–Crippen LogP) is 5.78. The Balaban J connectivity index is 1.67. The van der Waals surface area contributed by atoms with Crippen LogP contribution >= 0.6 is 0 Å². The summed E-state index contributed by atoms with van der Waals surface area (Å²) >= 11 is 0. The van der Waals surface area contributed by atoms with Crippen molar-refractivity contribution in [3.63, 3.8) is 0 Å². The summed E-state index contributed by atoms with van der Waals surface area (Å²) in [6.07, 6.45) is 6.72. The van der Waals surface area contributed by atoms with Gasteiger partial charge in [0.1, 0.15) is 6.04 Å². The molecule has 0 radical (unpaired) electrons. The molecule has 0 aliphatic heterocycles. The van der Waals surface area contributed by atoms with Gasteiger partial charge in [-0.15, -0.1) is 0 Å². The molecule has 178 valence electrons. The summed E-state index contributed by atoms with van der Waals surface area (Å²) in [5, 5.41) is 3.20. The number of nitrogens with one attached hydrogen (secondary N) is 1. The van der Waals surface area contributed by atoms with Crippen molar-refractivity contribution in [2.45, 2.75) is 96.7 Å². The maximum Gasteiger partial charge on any atom is 0.242 e. The van der Waals surface area contributed by atoms with E-state index < -0.39 is 6.04 Å². The van der Waals surface area contributed by atoms with Crippen molar-refractivity contribution >= 4 is 11.8 Å². The van der Waals surface area contributed by atoms with Crippen molar-refractivity contribution in [1.29, 1.82) is 0 Å². The number of amides is 2. The van der Waals surface area contributed by atoms with Crippen molar-refractivity contribution in [2.24, 2.45) is 0 Å². The Morgan fingerprint density at radius 1 is 0.939 bits per heavy atom. The lowest BCUT2D eigenvalue weighted by atomic mass is 9.86. The Hall–Kier alpha value is -2.62. The summed E-state index contributed by atoms with van der Waals surface area (Å²) in [7, 11) is 0. The van der Waals surface area contributed by atoms with Gasteiger partial charge in [-0.3, -0.25) is 9.59 Å². The molecule has 0 saturated heterocycles. The van der Waals surface area contributed by atoms with Crippen molar-refractivity contribution in [3.05, 3.63) is 71.3 Å². The fourth-order valence-corrected chi connectivity index (χ4v) is 4.50. The number of hydrogen-bond acceptors (Lipinski definition) is 2. The number of carbonyl (C=O) groups is 2. The minimum atomic E-state index is -0.497. The third-order valence-electron chi connectivity index (χ3n) is 6.76. The van der Waals surface area contributed by atoms with Gasteiger partial charge < -0.3 is 10.2 Å². The van der Waals surface area contributed by atoms with Gasteiger partial charge in [-0.05, 0) is 48.3 Å². The van der Waals surface area contributed by atoms with Gasteiger partial charge in [0.2, 0.25) is 11.8 Å². The smallest absolute Gasteiger partial charge is 0.242 e. The fraction of sp³-hybridized carbons (Fsp3) is 0.517. The van der Waals surface area contributed by atoms with Crippen LogP contribution in [0.25, 0.3) is 0 Å². The largest absolute Gasteiger partial charge is 0.352 e. The van der Waals surface area contributed by atoms with Crippen molar-refractivity contribution in [2.75, 3.05) is 0 Å². The third kappa shape index (κ3) is 7.45. The molecule has 1 N–H and O–H groups in total. The molecular weight excluding hydrogens is 408 g/mol. The maximum absolute atomic E-state index is 13.3. The standard InChI is InChI=1S/C29H40N2O2/c1-22(28(33)30-26-13-9-6-10-14-26)31(21-24-11-7-5-8-12-24)27(32)20-17-23-15-18-25(19-16-23)29(2,3)4/h5,7-8,11-12,15-16,18-19,22,26H,6,9-10,13-14,17,20-21H2,1-4H3,(H,30,33). The number of hydrogen-bond donors (Lipinski definition) is 1. The fourth-order valence-electron chi connectivity index (χ4n) is 4.50. The predicted molar refractivity (Wildman–Crippen MR) is 135 cm³/mol. The summed E-state index contributed by atoms with van der Waals surface area (Å²) < 4.78 is 0. The molecule has 1 unspecified atom stereocenters. The van der Waals surface area contributed by atoms with Crippen LogP contribution < -0.4 is 5.32 Å². The second-order valence-electron chi connectivity index (χ2n) is 10.5. The normalized spacial score (nSPS) is 15.6. The molecule has 4 heteroatoms. The Kier molecular flexibility index (Phi) is 8.71. The van der Waals surface area contributed by atoms with E-state index in [4.69, 9.17) is 0 Å². The van der Waals surface area contributed by atoms with Crippen molar-refractivity contribution in [3.8, 4) is 0 Å². The van der Waals surface area contributed by atoms with Crippen LogP contribution in [-0.4, -0.2) is 28.8 Å². The molecule has 0 aromatic heterocycles. The van der Waals surface area contributed by atoms with E-state index in [0.717, 1.165) is 24.0 Å². The SMILES string of the molecule is CC(C(=O)NC1CCCCC1)N(Cc1ccccc1)C(=O)CCc1ccc(C(C)(C)C)cc1. The van der Waals surface area contributed by atoms with Crippen molar-refractivity contribution in [1.82, 2.24) is 10.2 Å². The van der Waals surface area contributed by atoms with Crippen LogP contribution in [-0.2, 0) is 28.0 Å². The average Bonchev–Trinajstić information content (AvgIpc) is 2.81. The van der Waals surface area contributed by atoms with Gasteiger partial charge in [-0.25, -0.2) is 0 Å². The summed E-state index contributed by atoms with van der Waals surface area (Å²) in [6, 6.07) is 18.2. The molecule has 1 aliphatic carbocycles. The maximum atomic E-state index is 13.3. The molecular formula is C29H40N2O2. The van der Waals surface area contributed by atoms with Crippen LogP contribution in [0.15, 0.2) is 54.6 Å². The molecule has 0 spiro atoms. The summed E-state index contributed by atoms with van der Waals surface area (Å²) in [4.78, 5) is 28.1. The Bertz CT molecular complexity index is 893. The van der Waals surface area contributed by atoms with E-state index >= 15 is 0 Å². The van der Waals surface area contributed by atoms with E-state index in [-0.39, 0.29) is 23.3 Å². The number of aryl methyl sites for hydroxylation is 1. The van der Waals surface area contributed by atoms with Gasteiger partial charge in [-0.2, -0.15) is 0 Å². The summed E-state index contributed by atoms with van der Waals surface area (Å²) in [5.74, 6) is -0.0224. The highest BCUT2D eigenvalue weighted by molar-refractivity contribution is 5.87. The van der Waals surface area contributed by atoms with E-state index in [1.165, 1.54) is 24.8 Å². The van der Waals surface area contributed by atoms with Crippen LogP contribution in [0.3, 0.4) is 0 Å². The van der Waals surface area contributed by atoms with Crippen LogP contribution in [0.4, 0.5) is 0 Å². The molecule has 1 aliphatic rings. The number of nitrogens with zero attached hydrogens (tertiary/aromatic N) is 1. The molecule has 33 heavy (non-hydrogen) atoms. The highest BCUT2D eigenvalue weighted by Gasteiger charge is 2.28. The van der Waals surface area contributed by atoms with Crippen LogP contribution in [0, 0.1) is 0 Å². The lowest BCUT2D eigenvalue weighted by Crippen LogP contribution is -2.50. The first-order valence-electron chi connectivity index (χ1n) is 12.5. The number of benzene rings is 2. The topological polar surface area (TPSA) is 49.4 Å². The summed E-state index contributed by atoms with van der Waals surface area (Å²) in [5.41, 5.74) is 3.59. The molecule has 1 saturated carbocycles. The molecule has 1 fully saturated rings. The van der Waals surface area contributed by atoms with Crippen LogP contribution in [0.1, 0.15) is 82.9 Å². The zero-order chi connectivity index (χ0) is 23.8. The van der Waals surface area contributed by atoms with E-state index in [1.54, 1.807) is 4.90 Å². The van der Waals surface area contributed by atoms with Gasteiger partial charge in [0.05, 0.1) is 0 Å². The minimum absolute atomic E-state index is 0.0186. The van der Waals surface area contributed by atoms with Crippen LogP contribution in [0.2, 0.25) is 0 Å². The number of rotatable bonds is 8. The Morgan fingerprint density at radius 3 is 2.18 bits per heavy atom. The molecule has 4 nitrogen and oxygen atoms in total. The summed E-state index contributed by atoms with van der Waals surface area (Å²) in [6.45, 7) is 8.91. The Labute approximate surface area is 199 Å². The lowest BCUT2D eigenvalue weighted by Gasteiger charge is -2.31. The first-order chi connectivity index (χ1) is 15.7. The zero-order valence-corrected chi connectivity index (χ0v) is 20.8. The lowest BCUT2D eigenvalue weighted by molar-refractivity contribution is -0.141. The third-order valence-corrected chi connectivity index (χ3v) is 6.76. The van der Waals surface area contributed by atoms with Gasteiger partial charge in [0.25, 0.3) is 0 Å². The van der Waals surface area contributed by atoms with Gasteiger partial charge in [0, 0.05) is 19.0 Å². The van der Waals surface area contributed by atoms with E-state index in [0.29, 0.717) is 19.4 Å². The van der Waals surface area contributed by atoms with E-state index in [9.17, 15) is 9.59 Å². The molecule has 2 amide bonds. The van der Waals surface area contributed by atoms with Crippen molar-refractivity contribution < 1.29 is 9.59 Å². The first-order valence-corrected chi connectivity index (χ1v) is 12.5. The minimum Gasteiger partial charge on any atom is -0.352 e. The molecule has 0 bridgehead atoms. The molecule has 0 heterocycles. The van der Waals surface area contributed by atoms with Gasteiger partial charge in [-0.1, -0.05) is 94.6 Å². The van der Waals surface area contributed by atoms with E-state index in [2.05, 4.69) is 50.4 Å². The average molecular weight is 449 g/mol. The molecule has 2 aromatic rings. The van der Waals surface area contributed by atoms with Gasteiger partial charge >= 0.3 is 0 Å². The monoisotopic (exact) mass is 448 g/mol. The van der Waals surface area contributed by atoms with Crippen LogP contribution in [0.5, 0.6) is 0 Å². The Morgan fingerprint density at radius 2 is 1.58 bits per heavy atom. The number of carbonyl (C=O) groups excluding carboxylic acids is 2. The van der Waals surface area contributed by atoms with Gasteiger partial charge in [0.15, 0.2) is 0 Å². The second-order valence-corrected chi connectivity index (χ2v) is 10.5.